The number of aromatic nitrogens is 1. The van der Waals surface area contributed by atoms with Gasteiger partial charge in [0.1, 0.15) is 5.82 Å². The number of benzene rings is 3. The van der Waals surface area contributed by atoms with Gasteiger partial charge < -0.3 is 11.8 Å². The van der Waals surface area contributed by atoms with E-state index in [0.717, 1.165) is 5.75 Å². The molecule has 0 unspecified atom stereocenters. The molecule has 2 N–H and O–H groups in total. The summed E-state index contributed by atoms with van der Waals surface area (Å²) in [5, 5.41) is 12.4. The van der Waals surface area contributed by atoms with E-state index in [1.165, 1.54) is 22.9 Å². The van der Waals surface area contributed by atoms with Crippen molar-refractivity contribution in [2.24, 2.45) is 0 Å². The molecule has 4 aromatic rings. The molecule has 0 fully saturated rings. The number of hydrogen-bond donors (Lipinski definition) is 2. The summed E-state index contributed by atoms with van der Waals surface area (Å²) in [6, 6.07) is 35.0. The normalized spacial score (nSPS) is 10.8. The van der Waals surface area contributed by atoms with E-state index in [0.29, 0.717) is 12.4 Å². The Kier molecular flexibility index (Phi) is 8.79. The molecule has 0 atom stereocenters. The molecule has 0 radical (unpaired) electrons. The number of hydrogen-bond acceptors (Lipinski definition) is 4. The van der Waals surface area contributed by atoms with E-state index in [-0.39, 0.29) is 30.6 Å². The Balaban J connectivity index is 0.00000204. The largest absolute Gasteiger partial charge is 1.00 e. The van der Waals surface area contributed by atoms with Crippen LogP contribution >= 0.6 is 11.8 Å². The van der Waals surface area contributed by atoms with Crippen molar-refractivity contribution in [2.45, 2.75) is 4.75 Å². The van der Waals surface area contributed by atoms with Gasteiger partial charge in [0.25, 0.3) is 0 Å². The minimum absolute atomic E-state index is 0. The molecule has 4 nitrogen and oxygen atoms in total. The smallest absolute Gasteiger partial charge is 1.00 e. The summed E-state index contributed by atoms with van der Waals surface area (Å²) in [4.78, 5) is 15.2. The molecule has 0 spiro atoms. The van der Waals surface area contributed by atoms with Gasteiger partial charge in [0, 0.05) is 18.5 Å². The van der Waals surface area contributed by atoms with E-state index < -0.39 is 5.97 Å². The topological polar surface area (TPSA) is 62.2 Å². The molecule has 0 aliphatic carbocycles. The molecule has 0 bridgehead atoms. The van der Waals surface area contributed by atoms with Gasteiger partial charge in [-0.25, -0.2) is 9.78 Å². The number of anilines is 1. The minimum atomic E-state index is -0.974. The molecular formula is C27H25LiN2O2S. The monoisotopic (exact) mass is 448 g/mol. The van der Waals surface area contributed by atoms with Gasteiger partial charge in [-0.05, 0) is 28.8 Å². The van der Waals surface area contributed by atoms with Crippen molar-refractivity contribution < 1.29 is 30.2 Å². The van der Waals surface area contributed by atoms with E-state index >= 15 is 0 Å². The van der Waals surface area contributed by atoms with Gasteiger partial charge in [-0.15, -0.1) is 11.8 Å². The molecule has 0 saturated heterocycles. The Morgan fingerprint density at radius 1 is 0.818 bits per heavy atom. The van der Waals surface area contributed by atoms with Crippen molar-refractivity contribution in [3.8, 4) is 0 Å². The molecular weight excluding hydrogens is 423 g/mol. The summed E-state index contributed by atoms with van der Waals surface area (Å²) in [6.07, 6.45) is 1.38. The predicted octanol–water partition coefficient (Wildman–Crippen LogP) is 3.03. The summed E-state index contributed by atoms with van der Waals surface area (Å²) in [5.41, 5.74) is 3.87. The predicted molar refractivity (Wildman–Crippen MR) is 132 cm³/mol. The van der Waals surface area contributed by atoms with Gasteiger partial charge in [-0.2, -0.15) is 0 Å². The number of aromatic carboxylic acids is 1. The molecule has 0 aliphatic heterocycles. The first-order valence-electron chi connectivity index (χ1n) is 10.4. The van der Waals surface area contributed by atoms with Crippen molar-refractivity contribution in [3.05, 3.63) is 132 Å². The molecule has 0 aliphatic rings. The Morgan fingerprint density at radius 3 is 1.70 bits per heavy atom. The zero-order valence-corrected chi connectivity index (χ0v) is 19.3. The van der Waals surface area contributed by atoms with Crippen LogP contribution in [0.25, 0.3) is 0 Å². The maximum Gasteiger partial charge on any atom is 1.00 e. The first kappa shape index (κ1) is 24.7. The van der Waals surface area contributed by atoms with E-state index in [1.807, 2.05) is 30.0 Å². The second-order valence-electron chi connectivity index (χ2n) is 7.29. The number of nitrogens with one attached hydrogen (secondary N) is 1. The zero-order chi connectivity index (χ0) is 22.2. The van der Waals surface area contributed by atoms with Crippen molar-refractivity contribution in [3.63, 3.8) is 0 Å². The van der Waals surface area contributed by atoms with E-state index in [4.69, 9.17) is 5.11 Å². The quantitative estimate of drug-likeness (QED) is 0.234. The minimum Gasteiger partial charge on any atom is -1.00 e. The van der Waals surface area contributed by atoms with Crippen LogP contribution in [0.2, 0.25) is 0 Å². The SMILES string of the molecule is O=C(O)c1ccc(NCCSC(c2ccccc2)(c2ccccc2)c2ccccc2)nc1.[H-].[Li+]. The van der Waals surface area contributed by atoms with Crippen molar-refractivity contribution in [1.29, 1.82) is 0 Å². The molecule has 0 amide bonds. The second kappa shape index (κ2) is 11.8. The number of carboxylic acids is 1. The van der Waals surface area contributed by atoms with Crippen LogP contribution < -0.4 is 24.2 Å². The maximum absolute atomic E-state index is 11.0. The summed E-state index contributed by atoms with van der Waals surface area (Å²) in [7, 11) is 0. The summed E-state index contributed by atoms with van der Waals surface area (Å²) < 4.78 is -0.355. The Hall–Kier alpha value is -2.97. The third-order valence-electron chi connectivity index (χ3n) is 5.28. The summed E-state index contributed by atoms with van der Waals surface area (Å²) in [6.45, 7) is 0.693. The van der Waals surface area contributed by atoms with E-state index in [9.17, 15) is 4.79 Å². The second-order valence-corrected chi connectivity index (χ2v) is 8.60. The fraction of sp³-hybridized carbons (Fsp3) is 0.111. The number of carbonyl (C=O) groups is 1. The van der Waals surface area contributed by atoms with E-state index in [1.54, 1.807) is 12.1 Å². The van der Waals surface area contributed by atoms with Gasteiger partial charge in [-0.1, -0.05) is 91.0 Å². The number of nitrogens with zero attached hydrogens (tertiary/aromatic N) is 1. The van der Waals surface area contributed by atoms with Gasteiger partial charge in [0.15, 0.2) is 0 Å². The first-order chi connectivity index (χ1) is 15.7. The van der Waals surface area contributed by atoms with Crippen molar-refractivity contribution in [2.75, 3.05) is 17.6 Å². The fourth-order valence-corrected chi connectivity index (χ4v) is 5.20. The van der Waals surface area contributed by atoms with Crippen LogP contribution in [-0.2, 0) is 4.75 Å². The average Bonchev–Trinajstić information content (AvgIpc) is 2.86. The average molecular weight is 449 g/mol. The van der Waals surface area contributed by atoms with Gasteiger partial charge in [0.05, 0.1) is 10.3 Å². The molecule has 1 heterocycles. The Bertz CT molecular complexity index is 1050. The summed E-state index contributed by atoms with van der Waals surface area (Å²) >= 11 is 1.87. The number of pyridine rings is 1. The van der Waals surface area contributed by atoms with Crippen molar-refractivity contribution >= 4 is 23.5 Å². The van der Waals surface area contributed by atoms with Crippen LogP contribution in [-0.4, -0.2) is 28.4 Å². The van der Waals surface area contributed by atoms with Crippen LogP contribution in [0.4, 0.5) is 5.82 Å². The standard InChI is InChI=1S/C27H24N2O2S.Li.H/c30-26(31)21-16-17-25(29-20-21)28-18-19-32-27(22-10-4-1-5-11-22,23-12-6-2-7-13-23)24-14-8-3-9-15-24;;/h1-17,20H,18-19H2,(H,28,29)(H,30,31);;/q;+1;-1. The number of thioether (sulfide) groups is 1. The first-order valence-corrected chi connectivity index (χ1v) is 11.4. The van der Waals surface area contributed by atoms with Crippen LogP contribution in [0.1, 0.15) is 28.5 Å². The fourth-order valence-electron chi connectivity index (χ4n) is 3.78. The molecule has 3 aromatic carbocycles. The van der Waals surface area contributed by atoms with E-state index in [2.05, 4.69) is 83.1 Å². The third kappa shape index (κ3) is 5.69. The van der Waals surface area contributed by atoms with Crippen LogP contribution in [0, 0.1) is 0 Å². The van der Waals surface area contributed by atoms with Crippen LogP contribution in [0.3, 0.4) is 0 Å². The van der Waals surface area contributed by atoms with Crippen molar-refractivity contribution in [1.82, 2.24) is 4.98 Å². The molecule has 4 rings (SSSR count). The maximum atomic E-state index is 11.0. The van der Waals surface area contributed by atoms with Gasteiger partial charge in [0.2, 0.25) is 0 Å². The van der Waals surface area contributed by atoms with Gasteiger partial charge in [-0.3, -0.25) is 0 Å². The molecule has 0 saturated carbocycles. The molecule has 33 heavy (non-hydrogen) atoms. The third-order valence-corrected chi connectivity index (χ3v) is 6.83. The van der Waals surface area contributed by atoms with Crippen LogP contribution in [0.5, 0.6) is 0 Å². The Morgan fingerprint density at radius 2 is 1.30 bits per heavy atom. The number of rotatable bonds is 9. The zero-order valence-electron chi connectivity index (χ0n) is 19.5. The molecule has 162 valence electrons. The molecule has 1 aromatic heterocycles. The number of carboxylic acid groups (broad SMARTS) is 1. The summed E-state index contributed by atoms with van der Waals surface area (Å²) in [5.74, 6) is 0.513. The Labute approximate surface area is 212 Å². The molecule has 6 heteroatoms. The van der Waals surface area contributed by atoms with Crippen LogP contribution in [0.15, 0.2) is 109 Å². The van der Waals surface area contributed by atoms with Gasteiger partial charge >= 0.3 is 24.8 Å².